The molecule has 4 rings (SSSR count). The molecule has 0 spiro atoms. The van der Waals surface area contributed by atoms with E-state index in [0.717, 1.165) is 32.2 Å². The Hall–Kier alpha value is -0.610. The standard InChI is InChI=1S/C14H25N3O/c15-10-14(5-1-2-6-14)13(18)16-12-9-17-7-3-11(12)4-8-17/h11-12H,1-10,15H2,(H,16,18). The lowest BCUT2D eigenvalue weighted by Gasteiger charge is -2.45. The van der Waals surface area contributed by atoms with Crippen molar-refractivity contribution in [3.05, 3.63) is 0 Å². The van der Waals surface area contributed by atoms with Crippen molar-refractivity contribution in [2.24, 2.45) is 17.1 Å². The number of rotatable bonds is 3. The first kappa shape index (κ1) is 12.4. The van der Waals surface area contributed by atoms with Crippen LogP contribution in [-0.4, -0.2) is 43.0 Å². The maximum atomic E-state index is 12.5. The summed E-state index contributed by atoms with van der Waals surface area (Å²) in [5.74, 6) is 0.941. The summed E-state index contributed by atoms with van der Waals surface area (Å²) in [5, 5.41) is 3.32. The fraction of sp³-hybridized carbons (Fsp3) is 0.929. The summed E-state index contributed by atoms with van der Waals surface area (Å²) in [6.07, 6.45) is 6.78. The first-order valence-corrected chi connectivity index (χ1v) is 7.47. The highest BCUT2D eigenvalue weighted by Crippen LogP contribution is 2.38. The van der Waals surface area contributed by atoms with Gasteiger partial charge in [-0.05, 0) is 44.7 Å². The van der Waals surface area contributed by atoms with E-state index in [0.29, 0.717) is 18.5 Å². The molecule has 4 aliphatic rings. The van der Waals surface area contributed by atoms with E-state index in [2.05, 4.69) is 10.2 Å². The molecule has 0 aromatic heterocycles. The van der Waals surface area contributed by atoms with Crippen molar-refractivity contribution in [3.8, 4) is 0 Å². The number of carbonyl (C=O) groups is 1. The lowest BCUT2D eigenvalue weighted by Crippen LogP contribution is -2.59. The summed E-state index contributed by atoms with van der Waals surface area (Å²) in [5.41, 5.74) is 5.64. The topological polar surface area (TPSA) is 58.4 Å². The maximum absolute atomic E-state index is 12.5. The van der Waals surface area contributed by atoms with Gasteiger partial charge in [0.2, 0.25) is 5.91 Å². The number of nitrogens with one attached hydrogen (secondary N) is 1. The molecule has 1 aliphatic carbocycles. The largest absolute Gasteiger partial charge is 0.351 e. The predicted octanol–water partition coefficient (Wildman–Crippen LogP) is 0.716. The Morgan fingerprint density at radius 3 is 2.44 bits per heavy atom. The third-order valence-electron chi connectivity index (χ3n) is 5.41. The molecule has 4 fully saturated rings. The molecule has 0 aromatic rings. The van der Waals surface area contributed by atoms with E-state index in [-0.39, 0.29) is 11.3 Å². The lowest BCUT2D eigenvalue weighted by molar-refractivity contribution is -0.132. The molecule has 1 amide bonds. The first-order chi connectivity index (χ1) is 8.73. The van der Waals surface area contributed by atoms with Crippen LogP contribution >= 0.6 is 0 Å². The van der Waals surface area contributed by atoms with E-state index in [1.807, 2.05) is 0 Å². The van der Waals surface area contributed by atoms with Gasteiger partial charge in [0.05, 0.1) is 5.41 Å². The fourth-order valence-electron chi connectivity index (χ4n) is 4.03. The van der Waals surface area contributed by atoms with Gasteiger partial charge in [0.25, 0.3) is 0 Å². The molecule has 3 N–H and O–H groups in total. The van der Waals surface area contributed by atoms with E-state index < -0.39 is 0 Å². The van der Waals surface area contributed by atoms with Gasteiger partial charge in [0.1, 0.15) is 0 Å². The van der Waals surface area contributed by atoms with Crippen LogP contribution in [0, 0.1) is 11.3 Å². The lowest BCUT2D eigenvalue weighted by atomic mass is 9.81. The van der Waals surface area contributed by atoms with E-state index >= 15 is 0 Å². The molecule has 102 valence electrons. The first-order valence-electron chi connectivity index (χ1n) is 7.47. The van der Waals surface area contributed by atoms with Crippen molar-refractivity contribution in [2.75, 3.05) is 26.2 Å². The molecular weight excluding hydrogens is 226 g/mol. The molecule has 1 saturated carbocycles. The summed E-state index contributed by atoms with van der Waals surface area (Å²) in [6.45, 7) is 4.01. The highest BCUT2D eigenvalue weighted by molar-refractivity contribution is 5.83. The van der Waals surface area contributed by atoms with Gasteiger partial charge in [-0.2, -0.15) is 0 Å². The predicted molar refractivity (Wildman–Crippen MR) is 71.1 cm³/mol. The zero-order chi connectivity index (χ0) is 12.6. The second kappa shape index (κ2) is 4.82. The fourth-order valence-corrected chi connectivity index (χ4v) is 4.03. The summed E-state index contributed by atoms with van der Waals surface area (Å²) < 4.78 is 0. The van der Waals surface area contributed by atoms with Crippen LogP contribution in [0.15, 0.2) is 0 Å². The molecule has 0 radical (unpaired) electrons. The van der Waals surface area contributed by atoms with Crippen LogP contribution in [0.4, 0.5) is 0 Å². The third kappa shape index (κ3) is 2.05. The van der Waals surface area contributed by atoms with Gasteiger partial charge < -0.3 is 16.0 Å². The molecule has 3 saturated heterocycles. The maximum Gasteiger partial charge on any atom is 0.227 e. The summed E-state index contributed by atoms with van der Waals surface area (Å²) >= 11 is 0. The highest BCUT2D eigenvalue weighted by Gasteiger charge is 2.42. The van der Waals surface area contributed by atoms with E-state index in [4.69, 9.17) is 5.73 Å². The minimum Gasteiger partial charge on any atom is -0.351 e. The van der Waals surface area contributed by atoms with E-state index in [1.54, 1.807) is 0 Å². The normalized spacial score (nSPS) is 37.7. The van der Waals surface area contributed by atoms with E-state index in [9.17, 15) is 4.79 Å². The van der Waals surface area contributed by atoms with Crippen LogP contribution < -0.4 is 11.1 Å². The Balaban J connectivity index is 1.63. The van der Waals surface area contributed by atoms with Crippen molar-refractivity contribution < 1.29 is 4.79 Å². The molecule has 1 unspecified atom stereocenters. The number of amides is 1. The van der Waals surface area contributed by atoms with Gasteiger partial charge in [-0.1, -0.05) is 12.8 Å². The van der Waals surface area contributed by atoms with Crippen LogP contribution in [0.1, 0.15) is 38.5 Å². The number of nitrogens with zero attached hydrogens (tertiary/aromatic N) is 1. The minimum absolute atomic E-state index is 0.237. The summed E-state index contributed by atoms with van der Waals surface area (Å²) in [7, 11) is 0. The van der Waals surface area contributed by atoms with Crippen LogP contribution in [-0.2, 0) is 4.79 Å². The molecule has 3 aliphatic heterocycles. The van der Waals surface area contributed by atoms with Crippen LogP contribution in [0.5, 0.6) is 0 Å². The van der Waals surface area contributed by atoms with Crippen LogP contribution in [0.2, 0.25) is 0 Å². The van der Waals surface area contributed by atoms with Gasteiger partial charge in [-0.15, -0.1) is 0 Å². The number of hydrogen-bond acceptors (Lipinski definition) is 3. The van der Waals surface area contributed by atoms with Crippen molar-refractivity contribution in [1.82, 2.24) is 10.2 Å². The van der Waals surface area contributed by atoms with Crippen LogP contribution in [0.3, 0.4) is 0 Å². The number of nitrogens with two attached hydrogens (primary N) is 1. The molecule has 2 bridgehead atoms. The van der Waals surface area contributed by atoms with E-state index in [1.165, 1.54) is 25.9 Å². The van der Waals surface area contributed by atoms with Gasteiger partial charge in [0.15, 0.2) is 0 Å². The Morgan fingerprint density at radius 1 is 1.28 bits per heavy atom. The number of fused-ring (bicyclic) bond motifs is 3. The molecule has 0 aromatic carbocycles. The van der Waals surface area contributed by atoms with Crippen molar-refractivity contribution in [2.45, 2.75) is 44.6 Å². The number of carbonyl (C=O) groups excluding carboxylic acids is 1. The smallest absolute Gasteiger partial charge is 0.227 e. The third-order valence-corrected chi connectivity index (χ3v) is 5.41. The van der Waals surface area contributed by atoms with Gasteiger partial charge in [-0.25, -0.2) is 0 Å². The minimum atomic E-state index is -0.244. The van der Waals surface area contributed by atoms with Crippen LogP contribution in [0.25, 0.3) is 0 Å². The Labute approximate surface area is 109 Å². The molecule has 4 nitrogen and oxygen atoms in total. The van der Waals surface area contributed by atoms with Gasteiger partial charge >= 0.3 is 0 Å². The van der Waals surface area contributed by atoms with Crippen molar-refractivity contribution in [1.29, 1.82) is 0 Å². The Bertz CT molecular complexity index is 317. The molecule has 4 heteroatoms. The second-order valence-corrected chi connectivity index (χ2v) is 6.41. The SMILES string of the molecule is NCC1(C(=O)NC2CN3CCC2CC3)CCCC1. The monoisotopic (exact) mass is 251 g/mol. The number of hydrogen-bond donors (Lipinski definition) is 2. The number of piperidine rings is 3. The molecular formula is C14H25N3O. The Kier molecular flexibility index (Phi) is 3.32. The highest BCUT2D eigenvalue weighted by atomic mass is 16.2. The average molecular weight is 251 g/mol. The Morgan fingerprint density at radius 2 is 1.94 bits per heavy atom. The summed E-state index contributed by atoms with van der Waals surface area (Å²) in [6, 6.07) is 0.379. The van der Waals surface area contributed by atoms with Crippen molar-refractivity contribution >= 4 is 5.91 Å². The van der Waals surface area contributed by atoms with Crippen molar-refractivity contribution in [3.63, 3.8) is 0 Å². The molecule has 18 heavy (non-hydrogen) atoms. The average Bonchev–Trinajstić information content (AvgIpc) is 2.90. The summed E-state index contributed by atoms with van der Waals surface area (Å²) in [4.78, 5) is 15.0. The zero-order valence-corrected chi connectivity index (χ0v) is 11.2. The molecule has 3 heterocycles. The van der Waals surface area contributed by atoms with Gasteiger partial charge in [0, 0.05) is 19.1 Å². The quantitative estimate of drug-likeness (QED) is 0.777. The second-order valence-electron chi connectivity index (χ2n) is 6.41. The molecule has 1 atom stereocenters. The zero-order valence-electron chi connectivity index (χ0n) is 11.2. The van der Waals surface area contributed by atoms with Gasteiger partial charge in [-0.3, -0.25) is 4.79 Å².